The fourth-order valence-corrected chi connectivity index (χ4v) is 4.76. The number of nitrogens with zero attached hydrogens (tertiary/aromatic N) is 1. The summed E-state index contributed by atoms with van der Waals surface area (Å²) in [5, 5.41) is 0. The zero-order valence-corrected chi connectivity index (χ0v) is 20.8. The first-order valence-corrected chi connectivity index (χ1v) is 12.3. The van der Waals surface area contributed by atoms with Crippen LogP contribution in [-0.2, 0) is 14.8 Å². The van der Waals surface area contributed by atoms with E-state index in [2.05, 4.69) is 18.6 Å². The number of amides is 1. The highest BCUT2D eigenvalue weighted by Gasteiger charge is 2.37. The lowest BCUT2D eigenvalue weighted by Crippen LogP contribution is -2.42. The molecular weight excluding hydrogens is 444 g/mol. The molecule has 1 amide bonds. The molecule has 2 aromatic carbocycles. The molecule has 0 atom stereocenters. The number of anilines is 2. The van der Waals surface area contributed by atoms with E-state index in [9.17, 15) is 13.2 Å². The van der Waals surface area contributed by atoms with Gasteiger partial charge in [-0.05, 0) is 50.5 Å². The van der Waals surface area contributed by atoms with Crippen molar-refractivity contribution in [1.29, 1.82) is 0 Å². The summed E-state index contributed by atoms with van der Waals surface area (Å²) in [6.45, 7) is 8.66. The molecule has 9 heteroatoms. The molecule has 2 aromatic rings. The monoisotopic (exact) mass is 476 g/mol. The number of nitrogens with one attached hydrogen (secondary N) is 1. The molecule has 33 heavy (non-hydrogen) atoms. The number of ether oxygens (including phenoxy) is 3. The lowest BCUT2D eigenvalue weighted by atomic mass is 9.92. The summed E-state index contributed by atoms with van der Waals surface area (Å²) in [7, 11) is -1.12. The van der Waals surface area contributed by atoms with Gasteiger partial charge in [0.25, 0.3) is 10.0 Å². The molecule has 0 unspecified atom stereocenters. The van der Waals surface area contributed by atoms with Crippen molar-refractivity contribution in [3.63, 3.8) is 0 Å². The van der Waals surface area contributed by atoms with Crippen molar-refractivity contribution in [2.24, 2.45) is 11.3 Å². The van der Waals surface area contributed by atoms with Crippen molar-refractivity contribution in [3.8, 4) is 17.2 Å². The molecule has 0 aromatic heterocycles. The maximum absolute atomic E-state index is 13.2. The highest BCUT2D eigenvalue weighted by atomic mass is 32.2. The average molecular weight is 477 g/mol. The summed E-state index contributed by atoms with van der Waals surface area (Å²) >= 11 is 0. The van der Waals surface area contributed by atoms with Crippen molar-refractivity contribution < 1.29 is 27.4 Å². The minimum atomic E-state index is -3.98. The van der Waals surface area contributed by atoms with Crippen LogP contribution in [0.25, 0.3) is 0 Å². The second kappa shape index (κ2) is 9.51. The van der Waals surface area contributed by atoms with Gasteiger partial charge in [0.15, 0.2) is 0 Å². The second-order valence-electron chi connectivity index (χ2n) is 9.12. The Morgan fingerprint density at radius 3 is 2.48 bits per heavy atom. The summed E-state index contributed by atoms with van der Waals surface area (Å²) < 4.78 is 45.2. The van der Waals surface area contributed by atoms with Gasteiger partial charge in [-0.15, -0.1) is 0 Å². The Bertz CT molecular complexity index is 1130. The van der Waals surface area contributed by atoms with Gasteiger partial charge in [0.05, 0.1) is 31.0 Å². The molecule has 0 saturated carbocycles. The van der Waals surface area contributed by atoms with Crippen LogP contribution in [0.15, 0.2) is 41.3 Å². The van der Waals surface area contributed by atoms with E-state index in [0.717, 1.165) is 6.42 Å². The first kappa shape index (κ1) is 24.7. The minimum Gasteiger partial charge on any atom is -0.497 e. The quantitative estimate of drug-likeness (QED) is 0.610. The van der Waals surface area contributed by atoms with E-state index in [-0.39, 0.29) is 23.2 Å². The molecule has 0 aliphatic carbocycles. The van der Waals surface area contributed by atoms with E-state index in [1.165, 1.54) is 26.4 Å². The number of sulfonamides is 1. The summed E-state index contributed by atoms with van der Waals surface area (Å²) in [5.74, 6) is 1.45. The molecule has 3 rings (SSSR count). The summed E-state index contributed by atoms with van der Waals surface area (Å²) in [4.78, 5) is 14.9. The van der Waals surface area contributed by atoms with Gasteiger partial charge in [0.1, 0.15) is 28.8 Å². The normalized spacial score (nSPS) is 15.5. The van der Waals surface area contributed by atoms with Gasteiger partial charge < -0.3 is 19.1 Å². The Morgan fingerprint density at radius 1 is 1.12 bits per heavy atom. The van der Waals surface area contributed by atoms with Crippen molar-refractivity contribution in [2.45, 2.75) is 39.0 Å². The van der Waals surface area contributed by atoms with Crippen LogP contribution < -0.4 is 23.8 Å². The van der Waals surface area contributed by atoms with Crippen LogP contribution in [0.3, 0.4) is 0 Å². The van der Waals surface area contributed by atoms with Crippen molar-refractivity contribution in [1.82, 2.24) is 0 Å². The Morgan fingerprint density at radius 2 is 1.85 bits per heavy atom. The molecule has 0 bridgehead atoms. The first-order valence-electron chi connectivity index (χ1n) is 10.8. The van der Waals surface area contributed by atoms with E-state index in [1.807, 2.05) is 13.8 Å². The fourth-order valence-electron chi connectivity index (χ4n) is 3.52. The van der Waals surface area contributed by atoms with Crippen molar-refractivity contribution in [2.75, 3.05) is 37.0 Å². The lowest BCUT2D eigenvalue weighted by Gasteiger charge is -2.28. The molecular formula is C24H32N2O6S. The molecule has 0 spiro atoms. The Kier molecular flexibility index (Phi) is 7.11. The second-order valence-corrected chi connectivity index (χ2v) is 10.8. The van der Waals surface area contributed by atoms with E-state index < -0.39 is 15.4 Å². The van der Waals surface area contributed by atoms with Gasteiger partial charge in [-0.2, -0.15) is 0 Å². The predicted octanol–water partition coefficient (Wildman–Crippen LogP) is 4.30. The van der Waals surface area contributed by atoms with E-state index in [0.29, 0.717) is 35.3 Å². The third-order valence-electron chi connectivity index (χ3n) is 5.51. The van der Waals surface area contributed by atoms with Crippen LogP contribution in [0, 0.1) is 11.3 Å². The van der Waals surface area contributed by atoms with Crippen LogP contribution in [-0.4, -0.2) is 41.7 Å². The number of hydrogen-bond acceptors (Lipinski definition) is 6. The molecule has 1 aliphatic rings. The molecule has 0 radical (unpaired) electrons. The van der Waals surface area contributed by atoms with Gasteiger partial charge >= 0.3 is 0 Å². The topological polar surface area (TPSA) is 94.2 Å². The van der Waals surface area contributed by atoms with Crippen LogP contribution in [0.5, 0.6) is 17.2 Å². The van der Waals surface area contributed by atoms with Crippen LogP contribution in [0.1, 0.15) is 34.1 Å². The first-order chi connectivity index (χ1) is 15.5. The zero-order chi connectivity index (χ0) is 24.4. The van der Waals surface area contributed by atoms with Gasteiger partial charge in [-0.25, -0.2) is 8.42 Å². The van der Waals surface area contributed by atoms with Gasteiger partial charge in [0.2, 0.25) is 5.91 Å². The number of carbonyl (C=O) groups is 1. The molecule has 1 N–H and O–H groups in total. The Hall–Kier alpha value is -2.94. The molecule has 8 nitrogen and oxygen atoms in total. The summed E-state index contributed by atoms with van der Waals surface area (Å²) in [6.07, 6.45) is 0.839. The maximum atomic E-state index is 13.2. The van der Waals surface area contributed by atoms with Gasteiger partial charge in [-0.3, -0.25) is 9.52 Å². The van der Waals surface area contributed by atoms with Crippen LogP contribution >= 0.6 is 0 Å². The molecule has 180 valence electrons. The maximum Gasteiger partial charge on any atom is 0.265 e. The third-order valence-corrected chi connectivity index (χ3v) is 6.91. The number of carbonyl (C=O) groups excluding carboxylic acids is 1. The van der Waals surface area contributed by atoms with E-state index in [1.54, 1.807) is 29.2 Å². The number of rotatable bonds is 8. The largest absolute Gasteiger partial charge is 0.497 e. The minimum absolute atomic E-state index is 0.0173. The number of hydrogen-bond donors (Lipinski definition) is 1. The highest BCUT2D eigenvalue weighted by Crippen LogP contribution is 2.39. The van der Waals surface area contributed by atoms with Crippen LogP contribution in [0.2, 0.25) is 0 Å². The molecule has 0 saturated heterocycles. The fraction of sp³-hybridized carbons (Fsp3) is 0.458. The van der Waals surface area contributed by atoms with Crippen molar-refractivity contribution >= 4 is 27.3 Å². The van der Waals surface area contributed by atoms with E-state index >= 15 is 0 Å². The average Bonchev–Trinajstić information content (AvgIpc) is 2.86. The standard InChI is InChI=1S/C24H32N2O6S/c1-16(2)11-12-26-19-9-7-17(13-21(19)32-15-24(3,4)23(26)27)25-33(28,29)22-14-18(30-5)8-10-20(22)31-6/h7-10,13-14,16,25H,11-12,15H2,1-6H3. The molecule has 0 fully saturated rings. The van der Waals surface area contributed by atoms with Crippen molar-refractivity contribution in [3.05, 3.63) is 36.4 Å². The molecule has 1 aliphatic heterocycles. The van der Waals surface area contributed by atoms with Gasteiger partial charge in [-0.1, -0.05) is 13.8 Å². The lowest BCUT2D eigenvalue weighted by molar-refractivity contribution is -0.127. The summed E-state index contributed by atoms with van der Waals surface area (Å²) in [5.41, 5.74) is 0.242. The smallest absolute Gasteiger partial charge is 0.265 e. The van der Waals surface area contributed by atoms with E-state index in [4.69, 9.17) is 14.2 Å². The number of methoxy groups -OCH3 is 2. The Labute approximate surface area is 195 Å². The molecule has 1 heterocycles. The van der Waals surface area contributed by atoms with Crippen LogP contribution in [0.4, 0.5) is 11.4 Å². The predicted molar refractivity (Wildman–Crippen MR) is 128 cm³/mol. The number of fused-ring (bicyclic) bond motifs is 1. The zero-order valence-electron chi connectivity index (χ0n) is 20.0. The summed E-state index contributed by atoms with van der Waals surface area (Å²) in [6, 6.07) is 9.51. The number of benzene rings is 2. The SMILES string of the molecule is COc1ccc(OC)c(S(=O)(=O)Nc2ccc3c(c2)OCC(C)(C)C(=O)N3CCC(C)C)c1. The third kappa shape index (κ3) is 5.35. The highest BCUT2D eigenvalue weighted by molar-refractivity contribution is 7.92. The Balaban J connectivity index is 1.97. The van der Waals surface area contributed by atoms with Gasteiger partial charge in [0, 0.05) is 18.7 Å².